The molecule has 2 N–H and O–H groups in total. The Balaban J connectivity index is 1.83. The number of likely N-dealkylation sites (N-methyl/N-ethyl adjacent to an activating group) is 1. The second kappa shape index (κ2) is 4.93. The lowest BCUT2D eigenvalue weighted by atomic mass is 10.2. The molecule has 1 aromatic heterocycles. The number of fused-ring (bicyclic) bond motifs is 1. The van der Waals surface area contributed by atoms with E-state index in [0.717, 1.165) is 42.6 Å². The minimum absolute atomic E-state index is 0.180. The predicted octanol–water partition coefficient (Wildman–Crippen LogP) is 1.45. The summed E-state index contributed by atoms with van der Waals surface area (Å²) in [6, 6.07) is 7.83. The van der Waals surface area contributed by atoms with E-state index in [1.807, 2.05) is 29.3 Å². The molecule has 1 aliphatic heterocycles. The van der Waals surface area contributed by atoms with Crippen molar-refractivity contribution in [3.63, 3.8) is 0 Å². The highest BCUT2D eigenvalue weighted by Gasteiger charge is 2.12. The van der Waals surface area contributed by atoms with E-state index in [9.17, 15) is 5.11 Å². The molecule has 19 heavy (non-hydrogen) atoms. The smallest absolute Gasteiger partial charge is 0.198 e. The zero-order chi connectivity index (χ0) is 13.2. The van der Waals surface area contributed by atoms with Gasteiger partial charge in [-0.25, -0.2) is 0 Å². The number of nitrogens with zero attached hydrogens (tertiary/aromatic N) is 3. The number of aromatic hydroxyl groups is 1. The summed E-state index contributed by atoms with van der Waals surface area (Å²) in [7, 11) is 2.12. The fourth-order valence-electron chi connectivity index (χ4n) is 2.33. The second-order valence-corrected chi connectivity index (χ2v) is 4.93. The molecule has 0 saturated carbocycles. The Bertz CT molecular complexity index is 597. The van der Waals surface area contributed by atoms with Crippen LogP contribution in [0.1, 0.15) is 5.56 Å². The number of para-hydroxylation sites is 1. The molecule has 100 valence electrons. The first kappa shape index (κ1) is 12.0. The van der Waals surface area contributed by atoms with Crippen LogP contribution in [0.15, 0.2) is 29.4 Å². The maximum Gasteiger partial charge on any atom is 0.198 e. The molecule has 3 rings (SSSR count). The Kier molecular flexibility index (Phi) is 3.13. The van der Waals surface area contributed by atoms with Gasteiger partial charge in [-0.15, -0.1) is 0 Å². The van der Waals surface area contributed by atoms with E-state index in [-0.39, 0.29) is 5.88 Å². The fraction of sp³-hybridized carbons (Fsp3) is 0.357. The third-order valence-corrected chi connectivity index (χ3v) is 3.56. The van der Waals surface area contributed by atoms with Crippen molar-refractivity contribution in [1.29, 1.82) is 0 Å². The maximum atomic E-state index is 9.93. The van der Waals surface area contributed by atoms with E-state index >= 15 is 0 Å². The number of H-pyrrole nitrogens is 1. The van der Waals surface area contributed by atoms with Crippen LogP contribution in [-0.2, 0) is 0 Å². The number of aromatic nitrogens is 1. The minimum atomic E-state index is 0.180. The lowest BCUT2D eigenvalue weighted by Gasteiger charge is -2.30. The van der Waals surface area contributed by atoms with Crippen LogP contribution < -0.4 is 0 Å². The number of rotatable bonds is 2. The SMILES string of the molecule is CN1CCN(N=Cc2c(O)[nH]c3ccccc23)CC1. The normalized spacial score (nSPS) is 17.6. The van der Waals surface area contributed by atoms with Crippen molar-refractivity contribution in [2.75, 3.05) is 33.2 Å². The molecule has 0 bridgehead atoms. The lowest BCUT2D eigenvalue weighted by Crippen LogP contribution is -2.41. The van der Waals surface area contributed by atoms with Gasteiger partial charge < -0.3 is 15.0 Å². The molecule has 0 radical (unpaired) electrons. The Morgan fingerprint density at radius 2 is 1.95 bits per heavy atom. The molecule has 0 spiro atoms. The molecule has 0 atom stereocenters. The molecular weight excluding hydrogens is 240 g/mol. The van der Waals surface area contributed by atoms with Crippen molar-refractivity contribution in [3.8, 4) is 5.88 Å². The van der Waals surface area contributed by atoms with Crippen molar-refractivity contribution < 1.29 is 5.11 Å². The van der Waals surface area contributed by atoms with Crippen LogP contribution >= 0.6 is 0 Å². The highest BCUT2D eigenvalue weighted by atomic mass is 16.3. The van der Waals surface area contributed by atoms with Crippen LogP contribution in [0.3, 0.4) is 0 Å². The number of aromatic amines is 1. The standard InChI is InChI=1S/C14H18N4O/c1-17-6-8-18(9-7-17)15-10-12-11-4-2-3-5-13(11)16-14(12)19/h2-5,10,16,19H,6-9H2,1H3. The Hall–Kier alpha value is -2.01. The van der Waals surface area contributed by atoms with Crippen LogP contribution in [0.4, 0.5) is 0 Å². The highest BCUT2D eigenvalue weighted by Crippen LogP contribution is 2.25. The van der Waals surface area contributed by atoms with Gasteiger partial charge in [-0.3, -0.25) is 5.01 Å². The van der Waals surface area contributed by atoms with E-state index in [2.05, 4.69) is 22.0 Å². The summed E-state index contributed by atoms with van der Waals surface area (Å²) in [4.78, 5) is 5.25. The third kappa shape index (κ3) is 2.42. The van der Waals surface area contributed by atoms with Crippen molar-refractivity contribution in [3.05, 3.63) is 29.8 Å². The zero-order valence-electron chi connectivity index (χ0n) is 11.0. The summed E-state index contributed by atoms with van der Waals surface area (Å²) < 4.78 is 0. The molecule has 0 unspecified atom stereocenters. The van der Waals surface area contributed by atoms with Gasteiger partial charge in [-0.05, 0) is 13.1 Å². The van der Waals surface area contributed by atoms with Gasteiger partial charge in [0.2, 0.25) is 0 Å². The van der Waals surface area contributed by atoms with Crippen LogP contribution in [0.25, 0.3) is 10.9 Å². The van der Waals surface area contributed by atoms with Gasteiger partial charge in [-0.2, -0.15) is 5.10 Å². The average Bonchev–Trinajstić information content (AvgIpc) is 2.74. The third-order valence-electron chi connectivity index (χ3n) is 3.56. The lowest BCUT2D eigenvalue weighted by molar-refractivity contribution is 0.159. The van der Waals surface area contributed by atoms with Crippen molar-refractivity contribution in [2.45, 2.75) is 0 Å². The first-order valence-corrected chi connectivity index (χ1v) is 6.51. The van der Waals surface area contributed by atoms with Crippen LogP contribution in [0.2, 0.25) is 0 Å². The topological polar surface area (TPSA) is 54.9 Å². The highest BCUT2D eigenvalue weighted by molar-refractivity contribution is 6.01. The first-order valence-electron chi connectivity index (χ1n) is 6.51. The summed E-state index contributed by atoms with van der Waals surface area (Å²) in [6.45, 7) is 3.90. The Morgan fingerprint density at radius 3 is 2.74 bits per heavy atom. The Morgan fingerprint density at radius 1 is 1.21 bits per heavy atom. The van der Waals surface area contributed by atoms with Crippen LogP contribution in [-0.4, -0.2) is 59.4 Å². The molecule has 0 aliphatic carbocycles. The molecular formula is C14H18N4O. The van der Waals surface area contributed by atoms with E-state index in [4.69, 9.17) is 0 Å². The maximum absolute atomic E-state index is 9.93. The Labute approximate surface area is 112 Å². The second-order valence-electron chi connectivity index (χ2n) is 4.93. The summed E-state index contributed by atoms with van der Waals surface area (Å²) >= 11 is 0. The fourth-order valence-corrected chi connectivity index (χ4v) is 2.33. The quantitative estimate of drug-likeness (QED) is 0.802. The largest absolute Gasteiger partial charge is 0.494 e. The molecule has 1 fully saturated rings. The molecule has 1 aliphatic rings. The van der Waals surface area contributed by atoms with Gasteiger partial charge in [0.1, 0.15) is 0 Å². The van der Waals surface area contributed by atoms with Crippen molar-refractivity contribution in [1.82, 2.24) is 14.9 Å². The molecule has 2 aromatic rings. The zero-order valence-corrected chi connectivity index (χ0v) is 11.0. The summed E-state index contributed by atoms with van der Waals surface area (Å²) in [5.41, 5.74) is 1.69. The summed E-state index contributed by atoms with van der Waals surface area (Å²) in [5, 5.41) is 17.4. The van der Waals surface area contributed by atoms with Gasteiger partial charge >= 0.3 is 0 Å². The van der Waals surface area contributed by atoms with Crippen LogP contribution in [0.5, 0.6) is 5.88 Å². The van der Waals surface area contributed by atoms with E-state index in [1.54, 1.807) is 6.21 Å². The molecule has 5 heteroatoms. The summed E-state index contributed by atoms with van der Waals surface area (Å²) in [5.74, 6) is 0.180. The average molecular weight is 258 g/mol. The number of hydrazone groups is 1. The van der Waals surface area contributed by atoms with E-state index in [1.165, 1.54) is 0 Å². The monoisotopic (exact) mass is 258 g/mol. The number of benzene rings is 1. The first-order chi connectivity index (χ1) is 9.24. The van der Waals surface area contributed by atoms with Gasteiger partial charge in [0, 0.05) is 37.1 Å². The van der Waals surface area contributed by atoms with Crippen LogP contribution in [0, 0.1) is 0 Å². The van der Waals surface area contributed by atoms with Gasteiger partial charge in [0.05, 0.1) is 11.8 Å². The molecule has 1 saturated heterocycles. The van der Waals surface area contributed by atoms with Gasteiger partial charge in [0.15, 0.2) is 5.88 Å². The summed E-state index contributed by atoms with van der Waals surface area (Å²) in [6.07, 6.45) is 1.75. The molecule has 5 nitrogen and oxygen atoms in total. The van der Waals surface area contributed by atoms with Crippen molar-refractivity contribution in [2.24, 2.45) is 5.10 Å². The number of nitrogens with one attached hydrogen (secondary N) is 1. The number of piperazine rings is 1. The van der Waals surface area contributed by atoms with E-state index < -0.39 is 0 Å². The predicted molar refractivity (Wildman–Crippen MR) is 76.6 cm³/mol. The number of hydrogen-bond donors (Lipinski definition) is 2. The molecule has 2 heterocycles. The minimum Gasteiger partial charge on any atom is -0.494 e. The van der Waals surface area contributed by atoms with Gasteiger partial charge in [-0.1, -0.05) is 18.2 Å². The van der Waals surface area contributed by atoms with Gasteiger partial charge in [0.25, 0.3) is 0 Å². The van der Waals surface area contributed by atoms with Crippen molar-refractivity contribution >= 4 is 17.1 Å². The number of hydrogen-bond acceptors (Lipinski definition) is 4. The molecule has 1 aromatic carbocycles. The molecule has 0 amide bonds. The van der Waals surface area contributed by atoms with E-state index in [0.29, 0.717) is 0 Å².